The van der Waals surface area contributed by atoms with E-state index in [1.165, 1.54) is 12.1 Å². The van der Waals surface area contributed by atoms with Crippen LogP contribution in [0.25, 0.3) is 0 Å². The molecule has 3 heteroatoms. The molecule has 1 heterocycles. The number of benzene rings is 1. The Morgan fingerprint density at radius 1 is 1.29 bits per heavy atom. The highest BCUT2D eigenvalue weighted by molar-refractivity contribution is 5.20. The van der Waals surface area contributed by atoms with Crippen molar-refractivity contribution in [1.29, 1.82) is 0 Å². The highest BCUT2D eigenvalue weighted by Crippen LogP contribution is 2.27. The molecule has 0 radical (unpaired) electrons. The molecular weight excluding hydrogens is 184 g/mol. The second-order valence-electron chi connectivity index (χ2n) is 4.34. The Balaban J connectivity index is 2.13. The summed E-state index contributed by atoms with van der Waals surface area (Å²) in [5, 5.41) is 3.18. The molecule has 1 aliphatic heterocycles. The van der Waals surface area contributed by atoms with E-state index in [0.717, 1.165) is 25.1 Å². The van der Waals surface area contributed by atoms with Crippen molar-refractivity contribution < 1.29 is 8.78 Å². The van der Waals surface area contributed by atoms with E-state index in [4.69, 9.17) is 0 Å². The number of hydrogen-bond acceptors (Lipinski definition) is 1. The first-order chi connectivity index (χ1) is 6.59. The number of halogens is 2. The molecule has 0 atom stereocenters. The summed E-state index contributed by atoms with van der Waals surface area (Å²) in [4.78, 5) is 0. The Morgan fingerprint density at radius 2 is 2.00 bits per heavy atom. The van der Waals surface area contributed by atoms with Crippen LogP contribution in [0.2, 0.25) is 0 Å². The zero-order valence-electron chi connectivity index (χ0n) is 8.11. The van der Waals surface area contributed by atoms with Crippen molar-refractivity contribution in [3.8, 4) is 0 Å². The Bertz CT molecular complexity index is 345. The average Bonchev–Trinajstić information content (AvgIpc) is 2.09. The first-order valence-electron chi connectivity index (χ1n) is 4.74. The maximum atomic E-state index is 12.9. The van der Waals surface area contributed by atoms with Gasteiger partial charge in [0.2, 0.25) is 0 Å². The van der Waals surface area contributed by atoms with Crippen LogP contribution in [0.15, 0.2) is 18.2 Å². The van der Waals surface area contributed by atoms with Crippen LogP contribution < -0.4 is 5.32 Å². The Kier molecular flexibility index (Phi) is 2.27. The highest BCUT2D eigenvalue weighted by atomic mass is 19.2. The summed E-state index contributed by atoms with van der Waals surface area (Å²) < 4.78 is 25.5. The summed E-state index contributed by atoms with van der Waals surface area (Å²) in [6.45, 7) is 4.04. The number of rotatable bonds is 2. The smallest absolute Gasteiger partial charge is 0.159 e. The molecule has 0 aromatic heterocycles. The third-order valence-electron chi connectivity index (χ3n) is 2.72. The third-order valence-corrected chi connectivity index (χ3v) is 2.72. The molecule has 1 nitrogen and oxygen atoms in total. The first-order valence-corrected chi connectivity index (χ1v) is 4.74. The van der Waals surface area contributed by atoms with Crippen molar-refractivity contribution >= 4 is 0 Å². The lowest BCUT2D eigenvalue weighted by Gasteiger charge is -2.39. The Hall–Kier alpha value is -0.960. The fourth-order valence-electron chi connectivity index (χ4n) is 1.82. The van der Waals surface area contributed by atoms with Crippen LogP contribution in [0.4, 0.5) is 8.78 Å². The van der Waals surface area contributed by atoms with E-state index in [1.807, 2.05) is 0 Å². The van der Waals surface area contributed by atoms with Crippen LogP contribution in [0.3, 0.4) is 0 Å². The lowest BCUT2D eigenvalue weighted by Crippen LogP contribution is -2.52. The lowest BCUT2D eigenvalue weighted by molar-refractivity contribution is 0.195. The van der Waals surface area contributed by atoms with Gasteiger partial charge in [-0.15, -0.1) is 0 Å². The van der Waals surface area contributed by atoms with E-state index in [1.54, 1.807) is 6.07 Å². The van der Waals surface area contributed by atoms with Crippen molar-refractivity contribution in [3.05, 3.63) is 35.4 Å². The van der Waals surface area contributed by atoms with Crippen LogP contribution in [0, 0.1) is 17.0 Å². The van der Waals surface area contributed by atoms with Gasteiger partial charge in [-0.3, -0.25) is 0 Å². The first kappa shape index (κ1) is 9.59. The fraction of sp³-hybridized carbons (Fsp3) is 0.455. The maximum absolute atomic E-state index is 12.9. The number of hydrogen-bond donors (Lipinski definition) is 1. The summed E-state index contributed by atoms with van der Waals surface area (Å²) in [7, 11) is 0. The molecule has 1 fully saturated rings. The van der Waals surface area contributed by atoms with Crippen LogP contribution in [0.5, 0.6) is 0 Å². The van der Waals surface area contributed by atoms with Gasteiger partial charge in [0, 0.05) is 13.1 Å². The molecule has 76 valence electrons. The standard InChI is InChI=1S/C11H13F2N/c1-11(6-14-7-11)5-8-2-3-9(12)10(13)4-8/h2-4,14H,5-7H2,1H3. The summed E-state index contributed by atoms with van der Waals surface area (Å²) in [5.74, 6) is -1.52. The van der Waals surface area contributed by atoms with E-state index in [2.05, 4.69) is 12.2 Å². The summed E-state index contributed by atoms with van der Waals surface area (Å²) >= 11 is 0. The Morgan fingerprint density at radius 3 is 2.50 bits per heavy atom. The molecule has 0 amide bonds. The van der Waals surface area contributed by atoms with Crippen molar-refractivity contribution in [2.24, 2.45) is 5.41 Å². The van der Waals surface area contributed by atoms with Gasteiger partial charge in [0.15, 0.2) is 11.6 Å². The molecule has 1 N–H and O–H groups in total. The van der Waals surface area contributed by atoms with E-state index in [-0.39, 0.29) is 5.41 Å². The Labute approximate surface area is 82.1 Å². The maximum Gasteiger partial charge on any atom is 0.159 e. The van der Waals surface area contributed by atoms with Crippen LogP contribution in [0.1, 0.15) is 12.5 Å². The van der Waals surface area contributed by atoms with Gasteiger partial charge in [0.05, 0.1) is 0 Å². The van der Waals surface area contributed by atoms with E-state index in [0.29, 0.717) is 0 Å². The molecule has 0 saturated carbocycles. The second-order valence-corrected chi connectivity index (χ2v) is 4.34. The lowest BCUT2D eigenvalue weighted by atomic mass is 9.78. The van der Waals surface area contributed by atoms with Gasteiger partial charge >= 0.3 is 0 Å². The topological polar surface area (TPSA) is 12.0 Å². The van der Waals surface area contributed by atoms with Gasteiger partial charge in [-0.2, -0.15) is 0 Å². The monoisotopic (exact) mass is 197 g/mol. The van der Waals surface area contributed by atoms with Crippen molar-refractivity contribution in [1.82, 2.24) is 5.32 Å². The SMILES string of the molecule is CC1(Cc2ccc(F)c(F)c2)CNC1. The third kappa shape index (κ3) is 1.77. The fourth-order valence-corrected chi connectivity index (χ4v) is 1.82. The van der Waals surface area contributed by atoms with Crippen LogP contribution >= 0.6 is 0 Å². The van der Waals surface area contributed by atoms with E-state index in [9.17, 15) is 8.78 Å². The molecule has 1 aliphatic rings. The zero-order chi connectivity index (χ0) is 10.2. The summed E-state index contributed by atoms with van der Waals surface area (Å²) in [5.41, 5.74) is 1.08. The average molecular weight is 197 g/mol. The van der Waals surface area contributed by atoms with E-state index >= 15 is 0 Å². The van der Waals surface area contributed by atoms with Gasteiger partial charge in [-0.05, 0) is 29.5 Å². The minimum Gasteiger partial charge on any atom is -0.316 e. The van der Waals surface area contributed by atoms with E-state index < -0.39 is 11.6 Å². The van der Waals surface area contributed by atoms with Gasteiger partial charge in [-0.25, -0.2) is 8.78 Å². The summed E-state index contributed by atoms with van der Waals surface area (Å²) in [6.07, 6.45) is 0.803. The van der Waals surface area contributed by atoms with Gasteiger partial charge in [0.1, 0.15) is 0 Å². The minimum absolute atomic E-state index is 0.213. The van der Waals surface area contributed by atoms with Crippen LogP contribution in [-0.2, 0) is 6.42 Å². The van der Waals surface area contributed by atoms with Gasteiger partial charge in [0.25, 0.3) is 0 Å². The molecule has 1 aromatic rings. The zero-order valence-corrected chi connectivity index (χ0v) is 8.11. The molecule has 0 bridgehead atoms. The van der Waals surface area contributed by atoms with Crippen LogP contribution in [-0.4, -0.2) is 13.1 Å². The molecule has 1 saturated heterocycles. The normalized spacial score (nSPS) is 19.1. The quantitative estimate of drug-likeness (QED) is 0.765. The molecule has 0 aliphatic carbocycles. The molecular formula is C11H13F2N. The van der Waals surface area contributed by atoms with Gasteiger partial charge < -0.3 is 5.32 Å². The number of nitrogens with one attached hydrogen (secondary N) is 1. The second kappa shape index (κ2) is 3.31. The molecule has 14 heavy (non-hydrogen) atoms. The van der Waals surface area contributed by atoms with Crippen molar-refractivity contribution in [2.75, 3.05) is 13.1 Å². The molecule has 2 rings (SSSR count). The minimum atomic E-state index is -0.773. The van der Waals surface area contributed by atoms with Gasteiger partial charge in [-0.1, -0.05) is 13.0 Å². The summed E-state index contributed by atoms with van der Waals surface area (Å²) in [6, 6.07) is 4.14. The molecule has 0 unspecified atom stereocenters. The molecule has 0 spiro atoms. The molecule has 1 aromatic carbocycles. The highest BCUT2D eigenvalue weighted by Gasteiger charge is 2.31. The predicted octanol–water partition coefficient (Wildman–Crippen LogP) is 2.12. The predicted molar refractivity (Wildman–Crippen MR) is 51.0 cm³/mol. The largest absolute Gasteiger partial charge is 0.316 e. The van der Waals surface area contributed by atoms with Crippen molar-refractivity contribution in [3.63, 3.8) is 0 Å². The van der Waals surface area contributed by atoms with Crippen molar-refractivity contribution in [2.45, 2.75) is 13.3 Å².